The molecule has 110 valence electrons. The number of methoxy groups -OCH3 is 1. The summed E-state index contributed by atoms with van der Waals surface area (Å²) in [6.45, 7) is 1.50. The van der Waals surface area contributed by atoms with Gasteiger partial charge >= 0.3 is 0 Å². The van der Waals surface area contributed by atoms with E-state index in [1.54, 1.807) is 31.4 Å². The number of amides is 1. The maximum Gasteiger partial charge on any atom is 0.220 e. The number of Topliss-reactive ketones (excluding diaryl/α,β-unsaturated/α-hetero) is 1. The van der Waals surface area contributed by atoms with Crippen molar-refractivity contribution in [2.75, 3.05) is 27.2 Å². The van der Waals surface area contributed by atoms with E-state index in [-0.39, 0.29) is 24.5 Å². The average molecular weight is 278 g/mol. The van der Waals surface area contributed by atoms with E-state index in [0.29, 0.717) is 17.9 Å². The van der Waals surface area contributed by atoms with Crippen LogP contribution in [-0.2, 0) is 4.79 Å². The summed E-state index contributed by atoms with van der Waals surface area (Å²) in [7, 11) is 3.45. The van der Waals surface area contributed by atoms with Crippen LogP contribution >= 0.6 is 0 Å². The van der Waals surface area contributed by atoms with Crippen molar-refractivity contribution in [1.82, 2.24) is 10.6 Å². The van der Waals surface area contributed by atoms with Crippen LogP contribution < -0.4 is 15.4 Å². The van der Waals surface area contributed by atoms with Crippen LogP contribution in [0.1, 0.15) is 29.6 Å². The van der Waals surface area contributed by atoms with Crippen molar-refractivity contribution >= 4 is 11.7 Å². The average Bonchev–Trinajstić information content (AvgIpc) is 2.49. The molecule has 2 N–H and O–H groups in total. The van der Waals surface area contributed by atoms with Crippen molar-refractivity contribution in [2.24, 2.45) is 0 Å². The lowest BCUT2D eigenvalue weighted by Gasteiger charge is -2.05. The van der Waals surface area contributed by atoms with Gasteiger partial charge in [-0.15, -0.1) is 0 Å². The van der Waals surface area contributed by atoms with Gasteiger partial charge in [-0.25, -0.2) is 0 Å². The Morgan fingerprint density at radius 1 is 1.10 bits per heavy atom. The molecule has 0 heterocycles. The Kier molecular flexibility index (Phi) is 7.35. The first-order valence-corrected chi connectivity index (χ1v) is 6.76. The maximum atomic E-state index is 11.9. The van der Waals surface area contributed by atoms with Crippen molar-refractivity contribution in [1.29, 1.82) is 0 Å². The minimum absolute atomic E-state index is 0.0296. The predicted molar refractivity (Wildman–Crippen MR) is 78.1 cm³/mol. The second-order valence-electron chi connectivity index (χ2n) is 4.46. The van der Waals surface area contributed by atoms with Gasteiger partial charge in [-0.3, -0.25) is 9.59 Å². The lowest BCUT2D eigenvalue weighted by atomic mass is 10.1. The molecular formula is C15H22N2O3. The van der Waals surface area contributed by atoms with E-state index in [1.807, 2.05) is 7.05 Å². The standard InChI is InChI=1S/C15H22N2O3/c1-16-10-3-11-17-15(19)9-8-14(18)12-4-6-13(20-2)7-5-12/h4-7,16H,3,8-11H2,1-2H3,(H,17,19). The third-order valence-corrected chi connectivity index (χ3v) is 2.92. The van der Waals surface area contributed by atoms with Crippen molar-refractivity contribution in [3.05, 3.63) is 29.8 Å². The maximum absolute atomic E-state index is 11.9. The van der Waals surface area contributed by atoms with E-state index >= 15 is 0 Å². The number of ether oxygens (including phenoxy) is 1. The Labute approximate surface area is 119 Å². The molecule has 0 bridgehead atoms. The lowest BCUT2D eigenvalue weighted by Crippen LogP contribution is -2.26. The van der Waals surface area contributed by atoms with E-state index in [4.69, 9.17) is 4.74 Å². The number of nitrogens with one attached hydrogen (secondary N) is 2. The molecule has 0 saturated carbocycles. The van der Waals surface area contributed by atoms with Gasteiger partial charge in [0.05, 0.1) is 7.11 Å². The third-order valence-electron chi connectivity index (χ3n) is 2.92. The Balaban J connectivity index is 2.29. The van der Waals surface area contributed by atoms with Gasteiger partial charge in [0.2, 0.25) is 5.91 Å². The molecule has 5 nitrogen and oxygen atoms in total. The summed E-state index contributed by atoms with van der Waals surface area (Å²) >= 11 is 0. The van der Waals surface area contributed by atoms with Crippen molar-refractivity contribution in [3.8, 4) is 5.75 Å². The van der Waals surface area contributed by atoms with E-state index in [1.165, 1.54) is 0 Å². The molecule has 5 heteroatoms. The molecule has 0 fully saturated rings. The summed E-state index contributed by atoms with van der Waals surface area (Å²) in [6, 6.07) is 6.91. The molecule has 0 unspecified atom stereocenters. The second kappa shape index (κ2) is 9.09. The normalized spacial score (nSPS) is 10.1. The van der Waals surface area contributed by atoms with Crippen LogP contribution in [-0.4, -0.2) is 38.9 Å². The van der Waals surface area contributed by atoms with Gasteiger partial charge in [0, 0.05) is 24.9 Å². The number of ketones is 1. The molecule has 0 aromatic heterocycles. The summed E-state index contributed by atoms with van der Waals surface area (Å²) in [4.78, 5) is 23.4. The lowest BCUT2D eigenvalue weighted by molar-refractivity contribution is -0.121. The molecule has 1 amide bonds. The summed E-state index contributed by atoms with van der Waals surface area (Å²) in [5.41, 5.74) is 0.605. The van der Waals surface area contributed by atoms with Gasteiger partial charge in [-0.2, -0.15) is 0 Å². The van der Waals surface area contributed by atoms with Gasteiger partial charge in [0.25, 0.3) is 0 Å². The van der Waals surface area contributed by atoms with Crippen LogP contribution in [0.25, 0.3) is 0 Å². The summed E-state index contributed by atoms with van der Waals surface area (Å²) in [5.74, 6) is 0.602. The molecule has 0 aliphatic heterocycles. The highest BCUT2D eigenvalue weighted by atomic mass is 16.5. The molecule has 0 radical (unpaired) electrons. The molecule has 0 spiro atoms. The van der Waals surface area contributed by atoms with Gasteiger partial charge in [-0.1, -0.05) is 0 Å². The largest absolute Gasteiger partial charge is 0.497 e. The molecule has 0 aliphatic carbocycles. The minimum Gasteiger partial charge on any atom is -0.497 e. The van der Waals surface area contributed by atoms with E-state index in [0.717, 1.165) is 13.0 Å². The second-order valence-corrected chi connectivity index (χ2v) is 4.46. The highest BCUT2D eigenvalue weighted by Crippen LogP contribution is 2.13. The quantitative estimate of drug-likeness (QED) is 0.529. The zero-order chi connectivity index (χ0) is 14.8. The number of benzene rings is 1. The monoisotopic (exact) mass is 278 g/mol. The molecule has 0 atom stereocenters. The fraction of sp³-hybridized carbons (Fsp3) is 0.467. The first-order chi connectivity index (χ1) is 9.67. The molecular weight excluding hydrogens is 256 g/mol. The van der Waals surface area contributed by atoms with Crippen LogP contribution in [0.3, 0.4) is 0 Å². The smallest absolute Gasteiger partial charge is 0.220 e. The molecule has 1 aromatic rings. The van der Waals surface area contributed by atoms with Crippen molar-refractivity contribution in [3.63, 3.8) is 0 Å². The van der Waals surface area contributed by atoms with E-state index in [9.17, 15) is 9.59 Å². The third kappa shape index (κ3) is 5.84. The Hall–Kier alpha value is -1.88. The molecule has 20 heavy (non-hydrogen) atoms. The first kappa shape index (κ1) is 16.2. The number of hydrogen-bond acceptors (Lipinski definition) is 4. The van der Waals surface area contributed by atoms with Crippen molar-refractivity contribution < 1.29 is 14.3 Å². The minimum atomic E-state index is -0.0806. The summed E-state index contributed by atoms with van der Waals surface area (Å²) in [5, 5.41) is 5.80. The Morgan fingerprint density at radius 2 is 1.80 bits per heavy atom. The van der Waals surface area contributed by atoms with Gasteiger partial charge in [-0.05, 0) is 44.3 Å². The van der Waals surface area contributed by atoms with Crippen molar-refractivity contribution in [2.45, 2.75) is 19.3 Å². The van der Waals surface area contributed by atoms with Crippen LogP contribution in [0.15, 0.2) is 24.3 Å². The Bertz CT molecular complexity index is 429. The van der Waals surface area contributed by atoms with Crippen LogP contribution in [0, 0.1) is 0 Å². The SMILES string of the molecule is CNCCCNC(=O)CCC(=O)c1ccc(OC)cc1. The van der Waals surface area contributed by atoms with E-state index in [2.05, 4.69) is 10.6 Å². The van der Waals surface area contributed by atoms with Gasteiger partial charge in [0.15, 0.2) is 5.78 Å². The van der Waals surface area contributed by atoms with Crippen LogP contribution in [0.4, 0.5) is 0 Å². The van der Waals surface area contributed by atoms with Crippen LogP contribution in [0.5, 0.6) is 5.75 Å². The highest BCUT2D eigenvalue weighted by molar-refractivity contribution is 5.98. The van der Waals surface area contributed by atoms with Gasteiger partial charge in [0.1, 0.15) is 5.75 Å². The van der Waals surface area contributed by atoms with Gasteiger partial charge < -0.3 is 15.4 Å². The number of carbonyl (C=O) groups is 2. The topological polar surface area (TPSA) is 67.4 Å². The number of hydrogen-bond donors (Lipinski definition) is 2. The molecule has 0 aliphatic rings. The number of rotatable bonds is 9. The molecule has 0 saturated heterocycles. The fourth-order valence-corrected chi connectivity index (χ4v) is 1.73. The number of carbonyl (C=O) groups excluding carboxylic acids is 2. The fourth-order valence-electron chi connectivity index (χ4n) is 1.73. The zero-order valence-corrected chi connectivity index (χ0v) is 12.1. The predicted octanol–water partition coefficient (Wildman–Crippen LogP) is 1.38. The first-order valence-electron chi connectivity index (χ1n) is 6.76. The summed E-state index contributed by atoms with van der Waals surface area (Å²) in [6.07, 6.45) is 1.34. The van der Waals surface area contributed by atoms with Crippen LogP contribution in [0.2, 0.25) is 0 Å². The zero-order valence-electron chi connectivity index (χ0n) is 12.1. The molecule has 1 rings (SSSR count). The summed E-state index contributed by atoms with van der Waals surface area (Å²) < 4.78 is 5.03. The van der Waals surface area contributed by atoms with E-state index < -0.39 is 0 Å². The highest BCUT2D eigenvalue weighted by Gasteiger charge is 2.09. The Morgan fingerprint density at radius 3 is 2.40 bits per heavy atom. The molecule has 1 aromatic carbocycles.